The molecule has 5 nitrogen and oxygen atoms in total. The highest BCUT2D eigenvalue weighted by molar-refractivity contribution is 5.79. The number of benzene rings is 2. The van der Waals surface area contributed by atoms with Gasteiger partial charge in [-0.2, -0.15) is 0 Å². The molecule has 0 fully saturated rings. The molecule has 1 heterocycles. The van der Waals surface area contributed by atoms with Crippen LogP contribution in [0.4, 0.5) is 0 Å². The number of aromatic nitrogens is 2. The molecule has 2 aromatic carbocycles. The van der Waals surface area contributed by atoms with Crippen LogP contribution in [0.15, 0.2) is 47.3 Å². The van der Waals surface area contributed by atoms with E-state index in [-0.39, 0.29) is 17.5 Å². The van der Waals surface area contributed by atoms with Gasteiger partial charge in [-0.3, -0.25) is 14.2 Å². The molecule has 1 aromatic heterocycles. The average Bonchev–Trinajstić information content (AvgIpc) is 2.78. The predicted octanol–water partition coefficient (Wildman–Crippen LogP) is 5.49. The lowest BCUT2D eigenvalue weighted by molar-refractivity contribution is -0.133. The zero-order valence-electron chi connectivity index (χ0n) is 19.3. The van der Waals surface area contributed by atoms with E-state index in [1.54, 1.807) is 4.57 Å². The molecule has 0 saturated heterocycles. The molecular weight excluding hydrogens is 386 g/mol. The number of fused-ring (bicyclic) bond motifs is 1. The fraction of sp³-hybridized carbons (Fsp3) is 0.423. The Morgan fingerprint density at radius 3 is 2.45 bits per heavy atom. The highest BCUT2D eigenvalue weighted by Crippen LogP contribution is 2.27. The number of hydrogen-bond acceptors (Lipinski definition) is 3. The predicted molar refractivity (Wildman–Crippen MR) is 127 cm³/mol. The first-order valence-electron chi connectivity index (χ1n) is 11.3. The fourth-order valence-corrected chi connectivity index (χ4v) is 4.02. The van der Waals surface area contributed by atoms with Crippen molar-refractivity contribution in [1.29, 1.82) is 0 Å². The lowest BCUT2D eigenvalue weighted by Gasteiger charge is -2.32. The number of hydrogen-bond donors (Lipinski definition) is 0. The molecule has 0 radical (unpaired) electrons. The summed E-state index contributed by atoms with van der Waals surface area (Å²) >= 11 is 0. The summed E-state index contributed by atoms with van der Waals surface area (Å²) in [6.45, 7) is 10.8. The summed E-state index contributed by atoms with van der Waals surface area (Å²) in [6, 6.07) is 13.2. The first-order valence-corrected chi connectivity index (χ1v) is 11.3. The third-order valence-electron chi connectivity index (χ3n) is 5.99. The van der Waals surface area contributed by atoms with E-state index in [1.165, 1.54) is 5.56 Å². The summed E-state index contributed by atoms with van der Waals surface area (Å²) in [5, 5.41) is 0.584. The summed E-state index contributed by atoms with van der Waals surface area (Å²) in [5.74, 6) is 0.724. The average molecular weight is 420 g/mol. The molecule has 5 heteroatoms. The van der Waals surface area contributed by atoms with Crippen molar-refractivity contribution in [2.24, 2.45) is 0 Å². The van der Waals surface area contributed by atoms with Gasteiger partial charge in [0.2, 0.25) is 5.91 Å². The van der Waals surface area contributed by atoms with E-state index in [0.29, 0.717) is 36.1 Å². The quantitative estimate of drug-likeness (QED) is 0.485. The van der Waals surface area contributed by atoms with Crippen molar-refractivity contribution in [3.05, 3.63) is 69.8 Å². The molecule has 164 valence electrons. The van der Waals surface area contributed by atoms with Crippen LogP contribution in [0.3, 0.4) is 0 Å². The molecule has 0 N–H and O–H groups in total. The Bertz CT molecular complexity index is 1130. The molecule has 1 atom stereocenters. The molecule has 0 aliphatic heterocycles. The lowest BCUT2D eigenvalue weighted by atomic mass is 10.1. The molecule has 1 amide bonds. The van der Waals surface area contributed by atoms with Crippen LogP contribution < -0.4 is 5.56 Å². The molecule has 0 aliphatic rings. The van der Waals surface area contributed by atoms with Crippen LogP contribution in [0.25, 0.3) is 16.6 Å². The van der Waals surface area contributed by atoms with Crippen LogP contribution in [-0.2, 0) is 4.79 Å². The minimum Gasteiger partial charge on any atom is -0.333 e. The van der Waals surface area contributed by atoms with Gasteiger partial charge in [-0.05, 0) is 62.1 Å². The number of para-hydroxylation sites is 1. The number of carbonyl (C=O) groups excluding carboxylic acids is 1. The Kier molecular flexibility index (Phi) is 7.26. The normalized spacial score (nSPS) is 12.2. The first-order chi connectivity index (χ1) is 14.9. The van der Waals surface area contributed by atoms with Crippen LogP contribution in [0, 0.1) is 13.8 Å². The summed E-state index contributed by atoms with van der Waals surface area (Å²) < 4.78 is 1.71. The maximum atomic E-state index is 13.7. The van der Waals surface area contributed by atoms with Crippen LogP contribution in [-0.4, -0.2) is 26.9 Å². The van der Waals surface area contributed by atoms with Crippen LogP contribution in [0.5, 0.6) is 0 Å². The summed E-state index contributed by atoms with van der Waals surface area (Å²) in [6.07, 6.45) is 3.04. The molecule has 0 spiro atoms. The second-order valence-corrected chi connectivity index (χ2v) is 8.11. The Morgan fingerprint density at radius 1 is 1.06 bits per heavy atom. The van der Waals surface area contributed by atoms with E-state index in [2.05, 4.69) is 20.8 Å². The monoisotopic (exact) mass is 419 g/mol. The molecule has 0 aliphatic carbocycles. The molecule has 31 heavy (non-hydrogen) atoms. The zero-order valence-corrected chi connectivity index (χ0v) is 19.3. The molecule has 3 aromatic rings. The molecule has 1 unspecified atom stereocenters. The Morgan fingerprint density at radius 2 is 1.81 bits per heavy atom. The van der Waals surface area contributed by atoms with Crippen LogP contribution in [0.1, 0.15) is 69.4 Å². The summed E-state index contributed by atoms with van der Waals surface area (Å²) in [4.78, 5) is 33.4. The standard InChI is InChI=1S/C26H33N3O2/c1-6-9-16-28(24(30)8-3)23(7-2)25-27-22-13-11-10-12-21(22)26(31)29(25)20-15-14-18(4)19(5)17-20/h10-15,17,23H,6-9,16H2,1-5H3. The Hall–Kier alpha value is -2.95. The fourth-order valence-electron chi connectivity index (χ4n) is 4.02. The molecule has 0 saturated carbocycles. The maximum absolute atomic E-state index is 13.7. The van der Waals surface area contributed by atoms with Crippen LogP contribution in [0.2, 0.25) is 0 Å². The van der Waals surface area contributed by atoms with Gasteiger partial charge in [-0.1, -0.05) is 45.4 Å². The number of unbranched alkanes of at least 4 members (excludes halogenated alkanes) is 1. The number of amides is 1. The van der Waals surface area contributed by atoms with Gasteiger partial charge in [0.15, 0.2) is 0 Å². The van der Waals surface area contributed by atoms with Crippen LogP contribution >= 0.6 is 0 Å². The number of aryl methyl sites for hydroxylation is 2. The van der Waals surface area contributed by atoms with Crippen molar-refractivity contribution >= 4 is 16.8 Å². The number of nitrogens with zero attached hydrogens (tertiary/aromatic N) is 3. The van der Waals surface area contributed by atoms with E-state index < -0.39 is 0 Å². The van der Waals surface area contributed by atoms with Crippen molar-refractivity contribution in [2.45, 2.75) is 66.3 Å². The Labute approximate surface area is 184 Å². The van der Waals surface area contributed by atoms with Crippen molar-refractivity contribution in [3.63, 3.8) is 0 Å². The SMILES string of the molecule is CCCCN(C(=O)CC)C(CC)c1nc2ccccc2c(=O)n1-c1ccc(C)c(C)c1. The second-order valence-electron chi connectivity index (χ2n) is 8.11. The van der Waals surface area contributed by atoms with Gasteiger partial charge >= 0.3 is 0 Å². The van der Waals surface area contributed by atoms with Crippen molar-refractivity contribution < 1.29 is 4.79 Å². The van der Waals surface area contributed by atoms with Gasteiger partial charge < -0.3 is 4.90 Å². The van der Waals surface area contributed by atoms with Gasteiger partial charge in [0.05, 0.1) is 22.6 Å². The lowest BCUT2D eigenvalue weighted by Crippen LogP contribution is -2.38. The second kappa shape index (κ2) is 9.90. The summed E-state index contributed by atoms with van der Waals surface area (Å²) in [7, 11) is 0. The van der Waals surface area contributed by atoms with Crippen molar-refractivity contribution in [1.82, 2.24) is 14.5 Å². The molecule has 3 rings (SSSR count). The smallest absolute Gasteiger partial charge is 0.266 e. The van der Waals surface area contributed by atoms with Crippen molar-refractivity contribution in [3.8, 4) is 5.69 Å². The zero-order chi connectivity index (χ0) is 22.5. The molecule has 0 bridgehead atoms. The van der Waals surface area contributed by atoms with E-state index in [9.17, 15) is 9.59 Å². The van der Waals surface area contributed by atoms with E-state index >= 15 is 0 Å². The summed E-state index contributed by atoms with van der Waals surface area (Å²) in [5.41, 5.74) is 3.65. The van der Waals surface area contributed by atoms with Gasteiger partial charge in [0.1, 0.15) is 5.82 Å². The topological polar surface area (TPSA) is 55.2 Å². The minimum atomic E-state index is -0.266. The minimum absolute atomic E-state index is 0.0920. The largest absolute Gasteiger partial charge is 0.333 e. The third-order valence-corrected chi connectivity index (χ3v) is 5.99. The van der Waals surface area contributed by atoms with Crippen molar-refractivity contribution in [2.75, 3.05) is 6.54 Å². The van der Waals surface area contributed by atoms with Gasteiger partial charge in [0.25, 0.3) is 5.56 Å². The van der Waals surface area contributed by atoms with E-state index in [0.717, 1.165) is 24.1 Å². The number of carbonyl (C=O) groups is 1. The Balaban J connectivity index is 2.31. The maximum Gasteiger partial charge on any atom is 0.266 e. The molecular formula is C26H33N3O2. The van der Waals surface area contributed by atoms with Gasteiger partial charge in [-0.15, -0.1) is 0 Å². The number of rotatable bonds is 8. The van der Waals surface area contributed by atoms with Gasteiger partial charge in [-0.25, -0.2) is 4.98 Å². The van der Waals surface area contributed by atoms with E-state index in [4.69, 9.17) is 4.98 Å². The highest BCUT2D eigenvalue weighted by Gasteiger charge is 2.28. The first kappa shape index (κ1) is 22.7. The highest BCUT2D eigenvalue weighted by atomic mass is 16.2. The van der Waals surface area contributed by atoms with Gasteiger partial charge in [0, 0.05) is 13.0 Å². The third kappa shape index (κ3) is 4.55. The van der Waals surface area contributed by atoms with E-state index in [1.807, 2.05) is 61.2 Å².